The second kappa shape index (κ2) is 9.21. The van der Waals surface area contributed by atoms with Crippen molar-refractivity contribution < 1.29 is 28.7 Å². The number of carbonyl (C=O) groups excluding carboxylic acids is 4. The van der Waals surface area contributed by atoms with Gasteiger partial charge in [0.15, 0.2) is 6.61 Å². The van der Waals surface area contributed by atoms with E-state index >= 15 is 0 Å². The average molecular weight is 438 g/mol. The first-order chi connectivity index (χ1) is 15.1. The zero-order valence-electron chi connectivity index (χ0n) is 18.5. The van der Waals surface area contributed by atoms with Crippen LogP contribution in [0.25, 0.3) is 0 Å². The Bertz CT molecular complexity index is 1010. The molecule has 1 saturated heterocycles. The summed E-state index contributed by atoms with van der Waals surface area (Å²) in [6.45, 7) is 6.45. The van der Waals surface area contributed by atoms with Crippen molar-refractivity contribution in [2.45, 2.75) is 45.7 Å². The third-order valence-corrected chi connectivity index (χ3v) is 4.89. The molecule has 8 nitrogen and oxygen atoms in total. The molecule has 32 heavy (non-hydrogen) atoms. The molecule has 0 radical (unpaired) electrons. The van der Waals surface area contributed by atoms with Crippen molar-refractivity contribution in [3.63, 3.8) is 0 Å². The third kappa shape index (κ3) is 5.14. The molecule has 1 aliphatic rings. The van der Waals surface area contributed by atoms with E-state index in [9.17, 15) is 19.2 Å². The van der Waals surface area contributed by atoms with E-state index in [4.69, 9.17) is 9.47 Å². The standard InChI is InChI=1S/C24H26N2O6/c1-16(27)32-19-12-10-17(11-13-19)25-21(28)14-20(23(25)30)26(24(2,3)4)22(29)15-31-18-8-6-5-7-9-18/h5-13,20H,14-15H2,1-4H3. The van der Waals surface area contributed by atoms with Crippen LogP contribution in [-0.4, -0.2) is 46.8 Å². The van der Waals surface area contributed by atoms with Gasteiger partial charge in [0, 0.05) is 12.5 Å². The van der Waals surface area contributed by atoms with Crippen molar-refractivity contribution in [2.24, 2.45) is 0 Å². The zero-order chi connectivity index (χ0) is 23.5. The molecule has 1 heterocycles. The van der Waals surface area contributed by atoms with Crippen LogP contribution in [0, 0.1) is 0 Å². The summed E-state index contributed by atoms with van der Waals surface area (Å²) in [5.74, 6) is -0.910. The number of anilines is 1. The molecule has 0 spiro atoms. The number of para-hydroxylation sites is 1. The Morgan fingerprint density at radius 3 is 2.19 bits per heavy atom. The normalized spacial score (nSPS) is 16.1. The van der Waals surface area contributed by atoms with Crippen LogP contribution in [0.4, 0.5) is 5.69 Å². The Hall–Kier alpha value is -3.68. The number of hydrogen-bond donors (Lipinski definition) is 0. The molecule has 1 unspecified atom stereocenters. The van der Waals surface area contributed by atoms with Crippen LogP contribution >= 0.6 is 0 Å². The number of esters is 1. The first-order valence-electron chi connectivity index (χ1n) is 10.2. The van der Waals surface area contributed by atoms with E-state index in [1.807, 2.05) is 26.8 Å². The number of imide groups is 1. The molecule has 0 N–H and O–H groups in total. The molecule has 1 atom stereocenters. The molecule has 0 aromatic heterocycles. The van der Waals surface area contributed by atoms with E-state index in [1.165, 1.54) is 36.1 Å². The lowest BCUT2D eigenvalue weighted by atomic mass is 10.0. The summed E-state index contributed by atoms with van der Waals surface area (Å²) in [6.07, 6.45) is -0.126. The fourth-order valence-corrected chi connectivity index (χ4v) is 3.66. The van der Waals surface area contributed by atoms with E-state index in [1.54, 1.807) is 24.3 Å². The summed E-state index contributed by atoms with van der Waals surface area (Å²) in [7, 11) is 0. The monoisotopic (exact) mass is 438 g/mol. The van der Waals surface area contributed by atoms with Crippen molar-refractivity contribution in [3.8, 4) is 11.5 Å². The van der Waals surface area contributed by atoms with E-state index in [2.05, 4.69) is 0 Å². The largest absolute Gasteiger partial charge is 0.484 e. The molecular formula is C24H26N2O6. The molecule has 2 aromatic carbocycles. The summed E-state index contributed by atoms with van der Waals surface area (Å²) in [5.41, 5.74) is -0.368. The van der Waals surface area contributed by atoms with Gasteiger partial charge < -0.3 is 14.4 Å². The van der Waals surface area contributed by atoms with Gasteiger partial charge in [-0.3, -0.25) is 19.2 Å². The predicted octanol–water partition coefficient (Wildman–Crippen LogP) is 2.95. The van der Waals surface area contributed by atoms with Gasteiger partial charge in [-0.1, -0.05) is 18.2 Å². The maximum absolute atomic E-state index is 13.2. The van der Waals surface area contributed by atoms with Crippen molar-refractivity contribution in [1.82, 2.24) is 4.90 Å². The van der Waals surface area contributed by atoms with E-state index in [0.717, 1.165) is 4.90 Å². The van der Waals surface area contributed by atoms with Gasteiger partial charge in [-0.25, -0.2) is 4.90 Å². The van der Waals surface area contributed by atoms with Crippen LogP contribution in [0.2, 0.25) is 0 Å². The van der Waals surface area contributed by atoms with Crippen LogP contribution in [0.1, 0.15) is 34.1 Å². The molecule has 1 aliphatic heterocycles. The Morgan fingerprint density at radius 1 is 1.00 bits per heavy atom. The molecule has 2 aromatic rings. The highest BCUT2D eigenvalue weighted by Gasteiger charge is 2.47. The second-order valence-electron chi connectivity index (χ2n) is 8.41. The predicted molar refractivity (Wildman–Crippen MR) is 117 cm³/mol. The van der Waals surface area contributed by atoms with E-state index < -0.39 is 29.4 Å². The second-order valence-corrected chi connectivity index (χ2v) is 8.41. The minimum Gasteiger partial charge on any atom is -0.484 e. The number of carbonyl (C=O) groups is 4. The maximum Gasteiger partial charge on any atom is 0.308 e. The Labute approximate surface area is 186 Å². The lowest BCUT2D eigenvalue weighted by Gasteiger charge is -2.39. The third-order valence-electron chi connectivity index (χ3n) is 4.89. The average Bonchev–Trinajstić information content (AvgIpc) is 3.00. The minimum absolute atomic E-state index is 0.126. The van der Waals surface area contributed by atoms with Gasteiger partial charge in [-0.15, -0.1) is 0 Å². The summed E-state index contributed by atoms with van der Waals surface area (Å²) >= 11 is 0. The number of ether oxygens (including phenoxy) is 2. The van der Waals surface area contributed by atoms with Crippen molar-refractivity contribution >= 4 is 29.4 Å². The summed E-state index contributed by atoms with van der Waals surface area (Å²) in [4.78, 5) is 52.6. The lowest BCUT2D eigenvalue weighted by Crippen LogP contribution is -2.55. The SMILES string of the molecule is CC(=O)Oc1ccc(N2C(=O)CC(N(C(=O)COc3ccccc3)C(C)(C)C)C2=O)cc1. The first-order valence-corrected chi connectivity index (χ1v) is 10.2. The van der Waals surface area contributed by atoms with Gasteiger partial charge >= 0.3 is 5.97 Å². The molecule has 1 fully saturated rings. The van der Waals surface area contributed by atoms with Crippen molar-refractivity contribution in [1.29, 1.82) is 0 Å². The van der Waals surface area contributed by atoms with E-state index in [-0.39, 0.29) is 18.9 Å². The van der Waals surface area contributed by atoms with Gasteiger partial charge in [-0.05, 0) is 57.2 Å². The van der Waals surface area contributed by atoms with Crippen LogP contribution in [-0.2, 0) is 19.2 Å². The highest BCUT2D eigenvalue weighted by Crippen LogP contribution is 2.30. The number of nitrogens with zero attached hydrogens (tertiary/aromatic N) is 2. The Kier molecular flexibility index (Phi) is 6.62. The molecule has 0 bridgehead atoms. The van der Waals surface area contributed by atoms with Gasteiger partial charge in [-0.2, -0.15) is 0 Å². The lowest BCUT2D eigenvalue weighted by molar-refractivity contribution is -0.145. The smallest absolute Gasteiger partial charge is 0.308 e. The summed E-state index contributed by atoms with van der Waals surface area (Å²) in [5, 5.41) is 0. The van der Waals surface area contributed by atoms with Gasteiger partial charge in [0.25, 0.3) is 11.8 Å². The maximum atomic E-state index is 13.2. The Morgan fingerprint density at radius 2 is 1.62 bits per heavy atom. The molecule has 3 amide bonds. The minimum atomic E-state index is -0.942. The number of rotatable bonds is 6. The fraction of sp³-hybridized carbons (Fsp3) is 0.333. The fourth-order valence-electron chi connectivity index (χ4n) is 3.66. The quantitative estimate of drug-likeness (QED) is 0.391. The summed E-state index contributed by atoms with van der Waals surface area (Å²) in [6, 6.07) is 14.0. The van der Waals surface area contributed by atoms with Crippen molar-refractivity contribution in [2.75, 3.05) is 11.5 Å². The van der Waals surface area contributed by atoms with Crippen molar-refractivity contribution in [3.05, 3.63) is 54.6 Å². The first kappa shape index (κ1) is 23.0. The van der Waals surface area contributed by atoms with E-state index in [0.29, 0.717) is 17.2 Å². The van der Waals surface area contributed by atoms with Gasteiger partial charge in [0.05, 0.1) is 12.1 Å². The molecule has 0 saturated carbocycles. The van der Waals surface area contributed by atoms with Crippen LogP contribution < -0.4 is 14.4 Å². The van der Waals surface area contributed by atoms with Gasteiger partial charge in [0.2, 0.25) is 5.91 Å². The van der Waals surface area contributed by atoms with Gasteiger partial charge in [0.1, 0.15) is 17.5 Å². The zero-order valence-corrected chi connectivity index (χ0v) is 18.5. The highest BCUT2D eigenvalue weighted by atomic mass is 16.5. The summed E-state index contributed by atoms with van der Waals surface area (Å²) < 4.78 is 10.6. The molecular weight excluding hydrogens is 412 g/mol. The topological polar surface area (TPSA) is 93.2 Å². The number of hydrogen-bond acceptors (Lipinski definition) is 6. The molecule has 168 valence electrons. The van der Waals surface area contributed by atoms with Crippen LogP contribution in [0.3, 0.4) is 0 Å². The molecule has 0 aliphatic carbocycles. The molecule has 3 rings (SSSR count). The highest BCUT2D eigenvalue weighted by molar-refractivity contribution is 6.23. The number of amides is 3. The Balaban J connectivity index is 1.79. The molecule has 8 heteroatoms. The number of benzene rings is 2. The van der Waals surface area contributed by atoms with Crippen LogP contribution in [0.15, 0.2) is 54.6 Å². The van der Waals surface area contributed by atoms with Crippen LogP contribution in [0.5, 0.6) is 11.5 Å².